The van der Waals surface area contributed by atoms with Crippen LogP contribution in [0.15, 0.2) is 18.2 Å². The summed E-state index contributed by atoms with van der Waals surface area (Å²) in [4.78, 5) is 15.2. The highest BCUT2D eigenvalue weighted by Gasteiger charge is 2.36. The zero-order valence-electron chi connectivity index (χ0n) is 10.5. The van der Waals surface area contributed by atoms with E-state index in [4.69, 9.17) is 5.11 Å². The highest BCUT2D eigenvalue weighted by atomic mass is 32.2. The number of anilines is 1. The third kappa shape index (κ3) is 3.23. The van der Waals surface area contributed by atoms with Gasteiger partial charge < -0.3 is 5.11 Å². The van der Waals surface area contributed by atoms with Crippen molar-refractivity contribution in [3.63, 3.8) is 0 Å². The summed E-state index contributed by atoms with van der Waals surface area (Å²) in [7, 11) is -3.37. The first-order valence-electron chi connectivity index (χ1n) is 6.15. The highest BCUT2D eigenvalue weighted by Crippen LogP contribution is 2.29. The number of sulfonamides is 1. The van der Waals surface area contributed by atoms with Crippen molar-refractivity contribution in [3.05, 3.63) is 23.9 Å². The van der Waals surface area contributed by atoms with E-state index in [1.54, 1.807) is 19.1 Å². The molecule has 0 saturated heterocycles. The molecule has 1 aliphatic carbocycles. The number of carboxylic acids is 1. The van der Waals surface area contributed by atoms with E-state index in [-0.39, 0.29) is 11.1 Å². The molecule has 1 fully saturated rings. The van der Waals surface area contributed by atoms with Crippen LogP contribution in [0.25, 0.3) is 0 Å². The fraction of sp³-hybridized carbons (Fsp3) is 0.500. The SMILES string of the molecule is CCC(C(=O)O)c1cccc(NS(=O)(=O)C2CC2)n1. The molecule has 1 saturated carbocycles. The Kier molecular flexibility index (Phi) is 3.75. The molecule has 1 aromatic rings. The molecular weight excluding hydrogens is 268 g/mol. The van der Waals surface area contributed by atoms with Gasteiger partial charge in [-0.1, -0.05) is 13.0 Å². The van der Waals surface area contributed by atoms with E-state index >= 15 is 0 Å². The fourth-order valence-corrected chi connectivity index (χ4v) is 3.15. The van der Waals surface area contributed by atoms with Crippen molar-refractivity contribution in [2.45, 2.75) is 37.4 Å². The number of rotatable bonds is 6. The van der Waals surface area contributed by atoms with Gasteiger partial charge in [0.1, 0.15) is 5.82 Å². The molecule has 6 nitrogen and oxygen atoms in total. The molecular formula is C12H16N2O4S. The topological polar surface area (TPSA) is 96.4 Å². The minimum atomic E-state index is -3.37. The summed E-state index contributed by atoms with van der Waals surface area (Å²) in [5, 5.41) is 8.74. The van der Waals surface area contributed by atoms with Crippen molar-refractivity contribution in [1.82, 2.24) is 4.98 Å². The first-order valence-corrected chi connectivity index (χ1v) is 7.70. The van der Waals surface area contributed by atoms with E-state index in [1.807, 2.05) is 0 Å². The van der Waals surface area contributed by atoms with Crippen LogP contribution in [0.2, 0.25) is 0 Å². The van der Waals surface area contributed by atoms with Crippen molar-refractivity contribution in [2.24, 2.45) is 0 Å². The van der Waals surface area contributed by atoms with Gasteiger partial charge in [0.15, 0.2) is 0 Å². The van der Waals surface area contributed by atoms with Gasteiger partial charge in [0, 0.05) is 0 Å². The molecule has 0 spiro atoms. The van der Waals surface area contributed by atoms with Gasteiger partial charge >= 0.3 is 5.97 Å². The monoisotopic (exact) mass is 284 g/mol. The molecule has 1 atom stereocenters. The van der Waals surface area contributed by atoms with Gasteiger partial charge in [-0.3, -0.25) is 9.52 Å². The summed E-state index contributed by atoms with van der Waals surface area (Å²) in [6, 6.07) is 4.73. The molecule has 0 radical (unpaired) electrons. The number of pyridine rings is 1. The predicted octanol–water partition coefficient (Wildman–Crippen LogP) is 1.56. The maximum Gasteiger partial charge on any atom is 0.312 e. The molecule has 104 valence electrons. The largest absolute Gasteiger partial charge is 0.481 e. The van der Waals surface area contributed by atoms with E-state index in [0.29, 0.717) is 25.0 Å². The summed E-state index contributed by atoms with van der Waals surface area (Å²) < 4.78 is 26.0. The average Bonchev–Trinajstić information content (AvgIpc) is 3.13. The molecule has 2 rings (SSSR count). The van der Waals surface area contributed by atoms with Gasteiger partial charge in [0.2, 0.25) is 10.0 Å². The molecule has 19 heavy (non-hydrogen) atoms. The van der Waals surface area contributed by atoms with Gasteiger partial charge in [-0.25, -0.2) is 13.4 Å². The Morgan fingerprint density at radius 1 is 1.53 bits per heavy atom. The minimum Gasteiger partial charge on any atom is -0.481 e. The van der Waals surface area contributed by atoms with Crippen molar-refractivity contribution in [2.75, 3.05) is 4.72 Å². The second kappa shape index (κ2) is 5.16. The van der Waals surface area contributed by atoms with Gasteiger partial charge in [-0.05, 0) is 31.4 Å². The molecule has 0 amide bonds. The Bertz CT molecular complexity index is 581. The van der Waals surface area contributed by atoms with Crippen LogP contribution in [0.3, 0.4) is 0 Å². The number of carbonyl (C=O) groups is 1. The maximum absolute atomic E-state index is 11.8. The van der Waals surface area contributed by atoms with Crippen molar-refractivity contribution < 1.29 is 18.3 Å². The Hall–Kier alpha value is -1.63. The lowest BCUT2D eigenvalue weighted by atomic mass is 10.0. The summed E-state index contributed by atoms with van der Waals surface area (Å²) >= 11 is 0. The molecule has 1 aliphatic rings. The standard InChI is InChI=1S/C12H16N2O4S/c1-2-9(12(15)16)10-4-3-5-11(13-10)14-19(17,18)8-6-7-8/h3-5,8-9H,2,6-7H2,1H3,(H,13,14)(H,15,16). The van der Waals surface area contributed by atoms with Crippen LogP contribution in [0, 0.1) is 0 Å². The summed E-state index contributed by atoms with van der Waals surface area (Å²) in [6.07, 6.45) is 1.74. The van der Waals surface area contributed by atoms with E-state index in [0.717, 1.165) is 0 Å². The first-order chi connectivity index (χ1) is 8.94. The normalized spacial score (nSPS) is 16.9. The summed E-state index contributed by atoms with van der Waals surface area (Å²) in [5.41, 5.74) is 0.367. The quantitative estimate of drug-likeness (QED) is 0.826. The molecule has 1 unspecified atom stereocenters. The number of carboxylic acid groups (broad SMARTS) is 1. The lowest BCUT2D eigenvalue weighted by Gasteiger charge is -2.11. The molecule has 0 aliphatic heterocycles. The second-order valence-electron chi connectivity index (χ2n) is 4.59. The minimum absolute atomic E-state index is 0.184. The Morgan fingerprint density at radius 3 is 2.74 bits per heavy atom. The lowest BCUT2D eigenvalue weighted by Crippen LogP contribution is -2.19. The fourth-order valence-electron chi connectivity index (χ4n) is 1.82. The van der Waals surface area contributed by atoms with Gasteiger partial charge in [0.25, 0.3) is 0 Å². The van der Waals surface area contributed by atoms with Crippen molar-refractivity contribution >= 4 is 21.8 Å². The van der Waals surface area contributed by atoms with Crippen molar-refractivity contribution in [3.8, 4) is 0 Å². The van der Waals surface area contributed by atoms with Crippen LogP contribution in [-0.4, -0.2) is 29.7 Å². The second-order valence-corrected chi connectivity index (χ2v) is 6.55. The Morgan fingerprint density at radius 2 is 2.21 bits per heavy atom. The van der Waals surface area contributed by atoms with Crippen LogP contribution in [0.4, 0.5) is 5.82 Å². The molecule has 1 heterocycles. The number of hydrogen-bond donors (Lipinski definition) is 2. The summed E-state index contributed by atoms with van der Waals surface area (Å²) in [6.45, 7) is 1.75. The third-order valence-corrected chi connectivity index (χ3v) is 4.89. The molecule has 0 aromatic carbocycles. The lowest BCUT2D eigenvalue weighted by molar-refractivity contribution is -0.138. The van der Waals surface area contributed by atoms with Gasteiger partial charge in [-0.2, -0.15) is 0 Å². The van der Waals surface area contributed by atoms with E-state index in [9.17, 15) is 13.2 Å². The molecule has 0 bridgehead atoms. The predicted molar refractivity (Wildman–Crippen MR) is 70.5 cm³/mol. The third-order valence-electron chi connectivity index (χ3n) is 3.04. The molecule has 2 N–H and O–H groups in total. The maximum atomic E-state index is 11.8. The number of nitrogens with zero attached hydrogens (tertiary/aromatic N) is 1. The summed E-state index contributed by atoms with van der Waals surface area (Å²) in [5.74, 6) is -1.49. The van der Waals surface area contributed by atoms with E-state index in [2.05, 4.69) is 9.71 Å². The van der Waals surface area contributed by atoms with Gasteiger partial charge in [-0.15, -0.1) is 0 Å². The Labute approximate surface area is 111 Å². The van der Waals surface area contributed by atoms with Crippen LogP contribution in [-0.2, 0) is 14.8 Å². The van der Waals surface area contributed by atoms with Crippen LogP contribution >= 0.6 is 0 Å². The zero-order chi connectivity index (χ0) is 14.0. The van der Waals surface area contributed by atoms with Crippen LogP contribution in [0.1, 0.15) is 37.8 Å². The van der Waals surface area contributed by atoms with Crippen molar-refractivity contribution in [1.29, 1.82) is 0 Å². The zero-order valence-corrected chi connectivity index (χ0v) is 11.4. The number of aliphatic carboxylic acids is 1. The van der Waals surface area contributed by atoms with Crippen LogP contribution in [0.5, 0.6) is 0 Å². The van der Waals surface area contributed by atoms with E-state index in [1.165, 1.54) is 6.07 Å². The van der Waals surface area contributed by atoms with Crippen LogP contribution < -0.4 is 4.72 Å². The molecule has 1 aromatic heterocycles. The smallest absolute Gasteiger partial charge is 0.312 e. The Balaban J connectivity index is 2.21. The number of nitrogens with one attached hydrogen (secondary N) is 1. The van der Waals surface area contributed by atoms with Gasteiger partial charge in [0.05, 0.1) is 16.9 Å². The van der Waals surface area contributed by atoms with E-state index < -0.39 is 21.9 Å². The highest BCUT2D eigenvalue weighted by molar-refractivity contribution is 7.93. The first kappa shape index (κ1) is 13.8. The molecule has 7 heteroatoms. The number of aromatic nitrogens is 1. The number of hydrogen-bond acceptors (Lipinski definition) is 4. The average molecular weight is 284 g/mol.